The molecule has 1 atom stereocenters. The van der Waals surface area contributed by atoms with Crippen LogP contribution in [0.5, 0.6) is 0 Å². The molecule has 1 aromatic heterocycles. The van der Waals surface area contributed by atoms with Crippen LogP contribution in [0, 0.1) is 24.2 Å². The number of thiophene rings is 1. The average molecular weight is 482 g/mol. The maximum absolute atomic E-state index is 13.5. The number of nitrogens with zero attached hydrogens (tertiary/aromatic N) is 1. The fourth-order valence-electron chi connectivity index (χ4n) is 5.16. The zero-order valence-electron chi connectivity index (χ0n) is 21.3. The number of rotatable bonds is 5. The summed E-state index contributed by atoms with van der Waals surface area (Å²) >= 11 is 1.60. The van der Waals surface area contributed by atoms with Crippen molar-refractivity contribution in [2.24, 2.45) is 17.3 Å². The maximum atomic E-state index is 13.5. The SMILES string of the molecule is Cc1cccc(NC(=O)c2c(NC(=O)CN3CCC(C)CC3)sc3c2CC[C@@H](C(C)(C)C)C3)c1. The molecule has 1 aliphatic heterocycles. The van der Waals surface area contributed by atoms with E-state index >= 15 is 0 Å². The van der Waals surface area contributed by atoms with E-state index in [9.17, 15) is 9.59 Å². The van der Waals surface area contributed by atoms with E-state index in [1.807, 2.05) is 31.2 Å². The molecule has 2 amide bonds. The standard InChI is InChI=1S/C28H39N3O2S/c1-18-11-13-31(14-12-18)17-24(32)30-27-25(26(33)29-21-8-6-7-19(2)15-21)22-10-9-20(28(3,4)5)16-23(22)34-27/h6-8,15,18,20H,9-14,16-17H2,1-5H3,(H,29,33)(H,30,32)/t20-/m1/s1. The van der Waals surface area contributed by atoms with Gasteiger partial charge in [-0.25, -0.2) is 0 Å². The van der Waals surface area contributed by atoms with E-state index < -0.39 is 0 Å². The van der Waals surface area contributed by atoms with Gasteiger partial charge in [-0.15, -0.1) is 11.3 Å². The molecule has 2 aliphatic rings. The Morgan fingerprint density at radius 1 is 1.12 bits per heavy atom. The number of aryl methyl sites for hydroxylation is 1. The van der Waals surface area contributed by atoms with E-state index in [1.54, 1.807) is 11.3 Å². The molecule has 2 aromatic rings. The molecule has 0 spiro atoms. The first kappa shape index (κ1) is 24.9. The number of carbonyl (C=O) groups excluding carboxylic acids is 2. The van der Waals surface area contributed by atoms with Gasteiger partial charge in [0, 0.05) is 10.6 Å². The van der Waals surface area contributed by atoms with Crippen molar-refractivity contribution < 1.29 is 9.59 Å². The summed E-state index contributed by atoms with van der Waals surface area (Å²) in [5, 5.41) is 6.93. The van der Waals surface area contributed by atoms with Gasteiger partial charge in [-0.3, -0.25) is 14.5 Å². The Morgan fingerprint density at radius 3 is 2.53 bits per heavy atom. The van der Waals surface area contributed by atoms with Crippen molar-refractivity contribution in [1.29, 1.82) is 0 Å². The summed E-state index contributed by atoms with van der Waals surface area (Å²) in [5.74, 6) is 1.16. The van der Waals surface area contributed by atoms with Gasteiger partial charge in [0.15, 0.2) is 0 Å². The Hall–Kier alpha value is -2.18. The number of fused-ring (bicyclic) bond motifs is 1. The fraction of sp³-hybridized carbons (Fsp3) is 0.571. The second kappa shape index (κ2) is 10.2. The Morgan fingerprint density at radius 2 is 1.85 bits per heavy atom. The topological polar surface area (TPSA) is 61.4 Å². The van der Waals surface area contributed by atoms with Crippen LogP contribution in [0.1, 0.15) is 73.3 Å². The Labute approximate surface area is 208 Å². The average Bonchev–Trinajstić information content (AvgIpc) is 3.11. The second-order valence-corrected chi connectivity index (χ2v) is 12.4. The van der Waals surface area contributed by atoms with Crippen molar-refractivity contribution in [3.05, 3.63) is 45.8 Å². The molecule has 1 saturated heterocycles. The van der Waals surface area contributed by atoms with E-state index in [4.69, 9.17) is 0 Å². The predicted octanol–water partition coefficient (Wildman–Crippen LogP) is 6.13. The Kier molecular flexibility index (Phi) is 7.48. The third kappa shape index (κ3) is 5.89. The van der Waals surface area contributed by atoms with Gasteiger partial charge in [-0.2, -0.15) is 0 Å². The Balaban J connectivity index is 1.57. The molecule has 1 fully saturated rings. The number of likely N-dealkylation sites (tertiary alicyclic amines) is 1. The quantitative estimate of drug-likeness (QED) is 0.540. The molecule has 0 radical (unpaired) electrons. The van der Waals surface area contributed by atoms with Crippen LogP contribution in [0.2, 0.25) is 0 Å². The predicted molar refractivity (Wildman–Crippen MR) is 142 cm³/mol. The summed E-state index contributed by atoms with van der Waals surface area (Å²) in [7, 11) is 0. The molecule has 1 aromatic carbocycles. The van der Waals surface area contributed by atoms with Crippen LogP contribution in [-0.2, 0) is 17.6 Å². The number of anilines is 2. The van der Waals surface area contributed by atoms with Crippen LogP contribution in [0.4, 0.5) is 10.7 Å². The highest BCUT2D eigenvalue weighted by atomic mass is 32.1. The van der Waals surface area contributed by atoms with Gasteiger partial charge in [-0.1, -0.05) is 39.8 Å². The molecular formula is C28H39N3O2S. The molecule has 0 bridgehead atoms. The third-order valence-electron chi connectivity index (χ3n) is 7.49. The first-order valence-corrected chi connectivity index (χ1v) is 13.5. The summed E-state index contributed by atoms with van der Waals surface area (Å²) in [4.78, 5) is 30.0. The summed E-state index contributed by atoms with van der Waals surface area (Å²) < 4.78 is 0. The van der Waals surface area contributed by atoms with Gasteiger partial charge < -0.3 is 10.6 Å². The summed E-state index contributed by atoms with van der Waals surface area (Å²) in [6, 6.07) is 7.85. The van der Waals surface area contributed by atoms with Crippen molar-refractivity contribution in [2.45, 2.75) is 66.7 Å². The number of amides is 2. The van der Waals surface area contributed by atoms with E-state index in [2.05, 4.69) is 43.2 Å². The minimum absolute atomic E-state index is 0.0230. The lowest BCUT2D eigenvalue weighted by Crippen LogP contribution is -2.38. The number of piperidine rings is 1. The molecule has 184 valence electrons. The molecule has 4 rings (SSSR count). The smallest absolute Gasteiger partial charge is 0.258 e. The first-order valence-electron chi connectivity index (χ1n) is 12.6. The second-order valence-electron chi connectivity index (χ2n) is 11.3. The van der Waals surface area contributed by atoms with Crippen LogP contribution in [0.15, 0.2) is 24.3 Å². The van der Waals surface area contributed by atoms with Gasteiger partial charge >= 0.3 is 0 Å². The first-order chi connectivity index (χ1) is 16.1. The van der Waals surface area contributed by atoms with Crippen LogP contribution in [-0.4, -0.2) is 36.3 Å². The molecule has 6 heteroatoms. The van der Waals surface area contributed by atoms with Gasteiger partial charge in [0.1, 0.15) is 5.00 Å². The normalized spacial score (nSPS) is 19.5. The van der Waals surface area contributed by atoms with Crippen molar-refractivity contribution in [3.63, 3.8) is 0 Å². The van der Waals surface area contributed by atoms with Gasteiger partial charge in [0.05, 0.1) is 12.1 Å². The number of hydrogen-bond acceptors (Lipinski definition) is 4. The molecule has 5 nitrogen and oxygen atoms in total. The summed E-state index contributed by atoms with van der Waals surface area (Å²) in [6.07, 6.45) is 5.19. The fourth-order valence-corrected chi connectivity index (χ4v) is 6.50. The molecule has 2 N–H and O–H groups in total. The molecule has 1 aliphatic carbocycles. The van der Waals surface area contributed by atoms with Crippen LogP contribution >= 0.6 is 11.3 Å². The van der Waals surface area contributed by atoms with Crippen LogP contribution in [0.25, 0.3) is 0 Å². The molecule has 34 heavy (non-hydrogen) atoms. The highest BCUT2D eigenvalue weighted by Crippen LogP contribution is 2.44. The van der Waals surface area contributed by atoms with E-state index in [0.29, 0.717) is 23.0 Å². The third-order valence-corrected chi connectivity index (χ3v) is 8.66. The highest BCUT2D eigenvalue weighted by molar-refractivity contribution is 7.17. The lowest BCUT2D eigenvalue weighted by atomic mass is 9.72. The number of hydrogen-bond donors (Lipinski definition) is 2. The maximum Gasteiger partial charge on any atom is 0.258 e. The van der Waals surface area contributed by atoms with Crippen molar-refractivity contribution in [2.75, 3.05) is 30.3 Å². The van der Waals surface area contributed by atoms with E-state index in [-0.39, 0.29) is 17.2 Å². The zero-order chi connectivity index (χ0) is 24.5. The summed E-state index contributed by atoms with van der Waals surface area (Å²) in [6.45, 7) is 13.5. The minimum atomic E-state index is -0.126. The number of nitrogens with one attached hydrogen (secondary N) is 2. The zero-order valence-corrected chi connectivity index (χ0v) is 22.1. The molecule has 2 heterocycles. The highest BCUT2D eigenvalue weighted by Gasteiger charge is 2.34. The van der Waals surface area contributed by atoms with Crippen LogP contribution < -0.4 is 10.6 Å². The van der Waals surface area contributed by atoms with Gasteiger partial charge in [-0.05, 0) is 92.6 Å². The lowest BCUT2D eigenvalue weighted by molar-refractivity contribution is -0.117. The largest absolute Gasteiger partial charge is 0.322 e. The van der Waals surface area contributed by atoms with Crippen LogP contribution in [0.3, 0.4) is 0 Å². The Bertz CT molecular complexity index is 1040. The van der Waals surface area contributed by atoms with Crippen molar-refractivity contribution >= 4 is 33.8 Å². The van der Waals surface area contributed by atoms with E-state index in [0.717, 1.165) is 67.9 Å². The molecule has 0 saturated carbocycles. The van der Waals surface area contributed by atoms with E-state index in [1.165, 1.54) is 4.88 Å². The number of carbonyl (C=O) groups is 2. The molecule has 0 unspecified atom stereocenters. The monoisotopic (exact) mass is 481 g/mol. The number of benzene rings is 1. The minimum Gasteiger partial charge on any atom is -0.322 e. The van der Waals surface area contributed by atoms with Gasteiger partial charge in [0.25, 0.3) is 5.91 Å². The van der Waals surface area contributed by atoms with Gasteiger partial charge in [0.2, 0.25) is 5.91 Å². The summed E-state index contributed by atoms with van der Waals surface area (Å²) in [5.41, 5.74) is 3.89. The lowest BCUT2D eigenvalue weighted by Gasteiger charge is -2.33. The van der Waals surface area contributed by atoms with Crippen molar-refractivity contribution in [3.8, 4) is 0 Å². The molecular weight excluding hydrogens is 442 g/mol. The van der Waals surface area contributed by atoms with Crippen molar-refractivity contribution in [1.82, 2.24) is 4.90 Å².